The van der Waals surface area contributed by atoms with Crippen molar-refractivity contribution in [3.05, 3.63) is 0 Å². The number of guanidine groups is 1. The van der Waals surface area contributed by atoms with E-state index < -0.39 is 0 Å². The molecule has 0 aliphatic carbocycles. The predicted molar refractivity (Wildman–Crippen MR) is 107 cm³/mol. The number of likely N-dealkylation sites (N-methyl/N-ethyl adjacent to an activating group) is 1. The Morgan fingerprint density at radius 1 is 1.08 bits per heavy atom. The van der Waals surface area contributed by atoms with Crippen molar-refractivity contribution >= 4 is 5.96 Å². The van der Waals surface area contributed by atoms with Crippen LogP contribution in [0.3, 0.4) is 0 Å². The minimum absolute atomic E-state index is 0.510. The van der Waals surface area contributed by atoms with Crippen molar-refractivity contribution in [2.24, 2.45) is 4.99 Å². The highest BCUT2D eigenvalue weighted by atomic mass is 15.3. The van der Waals surface area contributed by atoms with Crippen molar-refractivity contribution < 1.29 is 0 Å². The number of piperidine rings is 1. The van der Waals surface area contributed by atoms with Gasteiger partial charge in [-0.05, 0) is 46.7 Å². The van der Waals surface area contributed by atoms with Crippen LogP contribution in [0.1, 0.15) is 40.0 Å². The van der Waals surface area contributed by atoms with Crippen LogP contribution in [0.25, 0.3) is 0 Å². The van der Waals surface area contributed by atoms with Crippen molar-refractivity contribution in [1.29, 1.82) is 0 Å². The maximum atomic E-state index is 4.88. The number of piperazine rings is 1. The third-order valence-electron chi connectivity index (χ3n) is 5.49. The van der Waals surface area contributed by atoms with Crippen LogP contribution < -0.4 is 10.6 Å². The molecule has 0 saturated carbocycles. The quantitative estimate of drug-likeness (QED) is 0.530. The maximum absolute atomic E-state index is 4.88. The van der Waals surface area contributed by atoms with E-state index in [1.165, 1.54) is 52.0 Å². The van der Waals surface area contributed by atoms with E-state index >= 15 is 0 Å². The molecule has 6 nitrogen and oxygen atoms in total. The second kappa shape index (κ2) is 11.0. The number of hydrogen-bond acceptors (Lipinski definition) is 4. The second-order valence-corrected chi connectivity index (χ2v) is 7.67. The highest BCUT2D eigenvalue weighted by Crippen LogP contribution is 2.10. The maximum Gasteiger partial charge on any atom is 0.191 e. The molecule has 6 heteroatoms. The van der Waals surface area contributed by atoms with E-state index in [1.54, 1.807) is 0 Å². The Morgan fingerprint density at radius 2 is 1.76 bits per heavy atom. The molecule has 146 valence electrons. The average Bonchev–Trinajstić information content (AvgIpc) is 2.62. The molecule has 2 heterocycles. The van der Waals surface area contributed by atoms with Gasteiger partial charge in [0.1, 0.15) is 0 Å². The van der Waals surface area contributed by atoms with E-state index in [0.29, 0.717) is 12.1 Å². The van der Waals surface area contributed by atoms with E-state index in [2.05, 4.69) is 53.2 Å². The van der Waals surface area contributed by atoms with Crippen LogP contribution in [0.4, 0.5) is 0 Å². The molecule has 0 radical (unpaired) electrons. The lowest BCUT2D eigenvalue weighted by atomic mass is 10.1. The largest absolute Gasteiger partial charge is 0.357 e. The molecule has 2 fully saturated rings. The Labute approximate surface area is 155 Å². The van der Waals surface area contributed by atoms with Gasteiger partial charge < -0.3 is 20.4 Å². The normalized spacial score (nSPS) is 23.6. The summed E-state index contributed by atoms with van der Waals surface area (Å²) in [6.45, 7) is 16.8. The van der Waals surface area contributed by atoms with E-state index in [9.17, 15) is 0 Å². The van der Waals surface area contributed by atoms with E-state index in [4.69, 9.17) is 4.99 Å². The zero-order chi connectivity index (χ0) is 18.1. The van der Waals surface area contributed by atoms with Crippen molar-refractivity contribution in [1.82, 2.24) is 25.3 Å². The van der Waals surface area contributed by atoms with Gasteiger partial charge in [0, 0.05) is 57.9 Å². The van der Waals surface area contributed by atoms with Gasteiger partial charge in [-0.2, -0.15) is 0 Å². The first kappa shape index (κ1) is 20.5. The minimum Gasteiger partial charge on any atom is -0.357 e. The predicted octanol–water partition coefficient (Wildman–Crippen LogP) is 1.05. The van der Waals surface area contributed by atoms with Crippen LogP contribution in [0.15, 0.2) is 4.99 Å². The third kappa shape index (κ3) is 7.12. The zero-order valence-corrected chi connectivity index (χ0v) is 16.9. The average molecular weight is 353 g/mol. The number of hydrogen-bond donors (Lipinski definition) is 2. The fourth-order valence-corrected chi connectivity index (χ4v) is 3.73. The SMILES string of the molecule is CCCN1CCC(NC(=NCC(C)N2CCN(C)CC2)NCC)CC1. The molecular weight excluding hydrogens is 312 g/mol. The molecule has 0 bridgehead atoms. The molecule has 0 aromatic rings. The second-order valence-electron chi connectivity index (χ2n) is 7.67. The van der Waals surface area contributed by atoms with E-state index in [1.807, 2.05) is 0 Å². The number of rotatable bonds is 7. The Hall–Kier alpha value is -0.850. The van der Waals surface area contributed by atoms with Gasteiger partial charge in [-0.3, -0.25) is 9.89 Å². The van der Waals surface area contributed by atoms with Crippen LogP contribution in [0.5, 0.6) is 0 Å². The highest BCUT2D eigenvalue weighted by molar-refractivity contribution is 5.80. The molecule has 2 aliphatic rings. The zero-order valence-electron chi connectivity index (χ0n) is 16.9. The lowest BCUT2D eigenvalue weighted by molar-refractivity contribution is 0.122. The molecule has 25 heavy (non-hydrogen) atoms. The van der Waals surface area contributed by atoms with Crippen LogP contribution in [0, 0.1) is 0 Å². The molecule has 2 aliphatic heterocycles. The summed E-state index contributed by atoms with van der Waals surface area (Å²) in [6, 6.07) is 1.07. The first-order valence-corrected chi connectivity index (χ1v) is 10.3. The van der Waals surface area contributed by atoms with Gasteiger partial charge in [-0.25, -0.2) is 0 Å². The van der Waals surface area contributed by atoms with Crippen molar-refractivity contribution in [3.8, 4) is 0 Å². The number of nitrogens with zero attached hydrogens (tertiary/aromatic N) is 4. The molecule has 0 aromatic carbocycles. The smallest absolute Gasteiger partial charge is 0.191 e. The van der Waals surface area contributed by atoms with Gasteiger partial charge in [-0.15, -0.1) is 0 Å². The molecule has 1 unspecified atom stereocenters. The summed E-state index contributed by atoms with van der Waals surface area (Å²) in [7, 11) is 2.21. The lowest BCUT2D eigenvalue weighted by Crippen LogP contribution is -2.50. The summed E-state index contributed by atoms with van der Waals surface area (Å²) in [4.78, 5) is 12.4. The van der Waals surface area contributed by atoms with Gasteiger partial charge >= 0.3 is 0 Å². The molecule has 2 rings (SSSR count). The van der Waals surface area contributed by atoms with E-state index in [-0.39, 0.29) is 0 Å². The van der Waals surface area contributed by atoms with E-state index in [0.717, 1.165) is 32.1 Å². The van der Waals surface area contributed by atoms with Crippen molar-refractivity contribution in [3.63, 3.8) is 0 Å². The standard InChI is InChI=1S/C19H40N6/c1-5-9-24-10-7-18(8-11-24)22-19(20-6-2)21-16-17(3)25-14-12-23(4)13-15-25/h17-18H,5-16H2,1-4H3,(H2,20,21,22). The first-order chi connectivity index (χ1) is 12.1. The Kier molecular flexibility index (Phi) is 8.99. The number of aliphatic imine (C=N–C) groups is 1. The topological polar surface area (TPSA) is 46.1 Å². The Bertz CT molecular complexity index is 383. The molecule has 2 N–H and O–H groups in total. The van der Waals surface area contributed by atoms with Gasteiger partial charge in [0.25, 0.3) is 0 Å². The number of likely N-dealkylation sites (tertiary alicyclic amines) is 1. The summed E-state index contributed by atoms with van der Waals surface area (Å²) in [5.74, 6) is 0.998. The Morgan fingerprint density at radius 3 is 2.36 bits per heavy atom. The van der Waals surface area contributed by atoms with Crippen molar-refractivity contribution in [2.45, 2.75) is 52.1 Å². The molecular formula is C19H40N6. The van der Waals surface area contributed by atoms with Crippen LogP contribution >= 0.6 is 0 Å². The first-order valence-electron chi connectivity index (χ1n) is 10.3. The highest BCUT2D eigenvalue weighted by Gasteiger charge is 2.21. The van der Waals surface area contributed by atoms with Crippen LogP contribution in [-0.4, -0.2) is 98.7 Å². The Balaban J connectivity index is 1.78. The fourth-order valence-electron chi connectivity index (χ4n) is 3.73. The molecule has 0 aromatic heterocycles. The summed E-state index contributed by atoms with van der Waals surface area (Å²) < 4.78 is 0. The summed E-state index contributed by atoms with van der Waals surface area (Å²) in [5.41, 5.74) is 0. The molecule has 1 atom stereocenters. The number of nitrogens with one attached hydrogen (secondary N) is 2. The fraction of sp³-hybridized carbons (Fsp3) is 0.947. The van der Waals surface area contributed by atoms with Crippen LogP contribution in [0.2, 0.25) is 0 Å². The monoisotopic (exact) mass is 352 g/mol. The van der Waals surface area contributed by atoms with Crippen LogP contribution in [-0.2, 0) is 0 Å². The van der Waals surface area contributed by atoms with Gasteiger partial charge in [0.15, 0.2) is 5.96 Å². The summed E-state index contributed by atoms with van der Waals surface area (Å²) in [6.07, 6.45) is 3.70. The summed E-state index contributed by atoms with van der Waals surface area (Å²) in [5, 5.41) is 7.10. The molecule has 0 spiro atoms. The van der Waals surface area contributed by atoms with Gasteiger partial charge in [-0.1, -0.05) is 6.92 Å². The minimum atomic E-state index is 0.510. The summed E-state index contributed by atoms with van der Waals surface area (Å²) >= 11 is 0. The molecule has 2 saturated heterocycles. The third-order valence-corrected chi connectivity index (χ3v) is 5.49. The lowest BCUT2D eigenvalue weighted by Gasteiger charge is -2.36. The van der Waals surface area contributed by atoms with Gasteiger partial charge in [0.05, 0.1) is 6.54 Å². The molecule has 0 amide bonds. The van der Waals surface area contributed by atoms with Gasteiger partial charge in [0.2, 0.25) is 0 Å². The van der Waals surface area contributed by atoms with Crippen molar-refractivity contribution in [2.75, 3.05) is 66.0 Å².